The highest BCUT2D eigenvalue weighted by Gasteiger charge is 2.23. The first-order valence-electron chi connectivity index (χ1n) is 5.77. The third-order valence-corrected chi connectivity index (χ3v) is 4.14. The van der Waals surface area contributed by atoms with Crippen molar-refractivity contribution in [1.82, 2.24) is 5.32 Å². The molecule has 0 bridgehead atoms. The molecule has 1 aliphatic rings. The van der Waals surface area contributed by atoms with Crippen LogP contribution in [0.5, 0.6) is 0 Å². The van der Waals surface area contributed by atoms with Crippen LogP contribution in [0.15, 0.2) is 11.4 Å². The van der Waals surface area contributed by atoms with E-state index in [1.807, 2.05) is 0 Å². The van der Waals surface area contributed by atoms with E-state index >= 15 is 0 Å². The van der Waals surface area contributed by atoms with Crippen molar-refractivity contribution in [3.8, 4) is 0 Å². The second-order valence-electron chi connectivity index (χ2n) is 4.35. The second kappa shape index (κ2) is 5.77. The van der Waals surface area contributed by atoms with E-state index in [0.717, 1.165) is 19.6 Å². The summed E-state index contributed by atoms with van der Waals surface area (Å²) in [4.78, 5) is 1.36. The minimum absolute atomic E-state index is 0.275. The molecule has 0 saturated carbocycles. The zero-order valence-corrected chi connectivity index (χ0v) is 10.4. The second-order valence-corrected chi connectivity index (χ2v) is 5.35. The van der Waals surface area contributed by atoms with Gasteiger partial charge in [-0.15, -0.1) is 11.3 Å². The van der Waals surface area contributed by atoms with Gasteiger partial charge in [-0.1, -0.05) is 0 Å². The summed E-state index contributed by atoms with van der Waals surface area (Å²) in [7, 11) is 0. The van der Waals surface area contributed by atoms with Gasteiger partial charge < -0.3 is 15.2 Å². The highest BCUT2D eigenvalue weighted by molar-refractivity contribution is 7.10. The SMILES string of the molecule is Cc1ccsc1CNCC(O)C1CCOC1. The van der Waals surface area contributed by atoms with E-state index < -0.39 is 0 Å². The first kappa shape index (κ1) is 12.0. The molecule has 0 radical (unpaired) electrons. The molecule has 0 spiro atoms. The molecular formula is C12H19NO2S. The van der Waals surface area contributed by atoms with Gasteiger partial charge in [0.05, 0.1) is 12.7 Å². The van der Waals surface area contributed by atoms with E-state index in [0.29, 0.717) is 19.1 Å². The van der Waals surface area contributed by atoms with Gasteiger partial charge in [-0.2, -0.15) is 0 Å². The average Bonchev–Trinajstić information content (AvgIpc) is 2.90. The van der Waals surface area contributed by atoms with Gasteiger partial charge in [0.1, 0.15) is 0 Å². The molecule has 16 heavy (non-hydrogen) atoms. The molecular weight excluding hydrogens is 222 g/mol. The fraction of sp³-hybridized carbons (Fsp3) is 0.667. The van der Waals surface area contributed by atoms with Crippen LogP contribution in [-0.2, 0) is 11.3 Å². The van der Waals surface area contributed by atoms with Crippen LogP contribution in [0.4, 0.5) is 0 Å². The van der Waals surface area contributed by atoms with Gasteiger partial charge in [0.2, 0.25) is 0 Å². The van der Waals surface area contributed by atoms with Gasteiger partial charge in [-0.3, -0.25) is 0 Å². The predicted molar refractivity (Wildman–Crippen MR) is 65.7 cm³/mol. The molecule has 2 heterocycles. The van der Waals surface area contributed by atoms with Gasteiger partial charge in [0.15, 0.2) is 0 Å². The van der Waals surface area contributed by atoms with E-state index in [2.05, 4.69) is 23.7 Å². The Hall–Kier alpha value is -0.420. The molecule has 1 aromatic rings. The third-order valence-electron chi connectivity index (χ3n) is 3.12. The Balaban J connectivity index is 1.69. The molecule has 2 rings (SSSR count). The van der Waals surface area contributed by atoms with Crippen molar-refractivity contribution < 1.29 is 9.84 Å². The Morgan fingerprint density at radius 2 is 2.56 bits per heavy atom. The lowest BCUT2D eigenvalue weighted by Gasteiger charge is -2.16. The first-order valence-corrected chi connectivity index (χ1v) is 6.65. The van der Waals surface area contributed by atoms with Crippen LogP contribution in [0.25, 0.3) is 0 Å². The van der Waals surface area contributed by atoms with E-state index in [4.69, 9.17) is 4.74 Å². The molecule has 0 aliphatic carbocycles. The molecule has 1 aromatic heterocycles. The highest BCUT2D eigenvalue weighted by atomic mass is 32.1. The molecule has 2 atom stereocenters. The number of aryl methyl sites for hydroxylation is 1. The molecule has 90 valence electrons. The molecule has 3 nitrogen and oxygen atoms in total. The van der Waals surface area contributed by atoms with Crippen LogP contribution in [0.2, 0.25) is 0 Å². The predicted octanol–water partition coefficient (Wildman–Crippen LogP) is 1.54. The number of thiophene rings is 1. The molecule has 1 fully saturated rings. The van der Waals surface area contributed by atoms with Crippen molar-refractivity contribution in [1.29, 1.82) is 0 Å². The van der Waals surface area contributed by atoms with Gasteiger partial charge in [-0.25, -0.2) is 0 Å². The molecule has 0 amide bonds. The van der Waals surface area contributed by atoms with Crippen LogP contribution in [0.3, 0.4) is 0 Å². The standard InChI is InChI=1S/C12H19NO2S/c1-9-3-5-16-12(9)7-13-6-11(14)10-2-4-15-8-10/h3,5,10-11,13-14H,2,4,6-8H2,1H3. The summed E-state index contributed by atoms with van der Waals surface area (Å²) in [5.41, 5.74) is 1.33. The molecule has 4 heteroatoms. The van der Waals surface area contributed by atoms with Crippen molar-refractivity contribution in [2.24, 2.45) is 5.92 Å². The average molecular weight is 241 g/mol. The van der Waals surface area contributed by atoms with Crippen molar-refractivity contribution >= 4 is 11.3 Å². The van der Waals surface area contributed by atoms with Crippen LogP contribution in [0, 0.1) is 12.8 Å². The maximum Gasteiger partial charge on any atom is 0.0715 e. The lowest BCUT2D eigenvalue weighted by atomic mass is 10.0. The summed E-state index contributed by atoms with van der Waals surface area (Å²) >= 11 is 1.76. The Morgan fingerprint density at radius 1 is 1.69 bits per heavy atom. The Morgan fingerprint density at radius 3 is 3.19 bits per heavy atom. The minimum atomic E-state index is -0.275. The number of nitrogens with one attached hydrogen (secondary N) is 1. The van der Waals surface area contributed by atoms with Crippen molar-refractivity contribution in [3.05, 3.63) is 21.9 Å². The van der Waals surface area contributed by atoms with Crippen LogP contribution in [-0.4, -0.2) is 31.0 Å². The van der Waals surface area contributed by atoms with Crippen molar-refractivity contribution in [2.75, 3.05) is 19.8 Å². The topological polar surface area (TPSA) is 41.5 Å². The molecule has 2 N–H and O–H groups in total. The normalized spacial score (nSPS) is 22.5. The lowest BCUT2D eigenvalue weighted by Crippen LogP contribution is -2.32. The van der Waals surface area contributed by atoms with Gasteiger partial charge >= 0.3 is 0 Å². The zero-order valence-electron chi connectivity index (χ0n) is 9.61. The van der Waals surface area contributed by atoms with Crippen LogP contribution < -0.4 is 5.32 Å². The van der Waals surface area contributed by atoms with Gasteiger partial charge in [0.25, 0.3) is 0 Å². The first-order chi connectivity index (χ1) is 7.77. The number of hydrogen-bond donors (Lipinski definition) is 2. The summed E-state index contributed by atoms with van der Waals surface area (Å²) in [6.45, 7) is 5.14. The minimum Gasteiger partial charge on any atom is -0.391 e. The number of hydrogen-bond acceptors (Lipinski definition) is 4. The summed E-state index contributed by atoms with van der Waals surface area (Å²) in [5.74, 6) is 0.317. The number of aliphatic hydroxyl groups excluding tert-OH is 1. The van der Waals surface area contributed by atoms with Crippen molar-refractivity contribution in [2.45, 2.75) is 26.0 Å². The van der Waals surface area contributed by atoms with Crippen LogP contribution in [0.1, 0.15) is 16.9 Å². The largest absolute Gasteiger partial charge is 0.391 e. The smallest absolute Gasteiger partial charge is 0.0715 e. The van der Waals surface area contributed by atoms with Gasteiger partial charge in [-0.05, 0) is 30.4 Å². The Bertz CT molecular complexity index is 321. The number of aliphatic hydroxyl groups is 1. The number of rotatable bonds is 5. The van der Waals surface area contributed by atoms with Crippen LogP contribution >= 0.6 is 11.3 Å². The quantitative estimate of drug-likeness (QED) is 0.821. The maximum atomic E-state index is 9.91. The monoisotopic (exact) mass is 241 g/mol. The highest BCUT2D eigenvalue weighted by Crippen LogP contribution is 2.17. The molecule has 1 aliphatic heterocycles. The summed E-state index contributed by atoms with van der Waals surface area (Å²) in [5, 5.41) is 15.3. The van der Waals surface area contributed by atoms with E-state index in [1.54, 1.807) is 11.3 Å². The van der Waals surface area contributed by atoms with E-state index in [9.17, 15) is 5.11 Å². The van der Waals surface area contributed by atoms with E-state index in [-0.39, 0.29) is 6.10 Å². The van der Waals surface area contributed by atoms with E-state index in [1.165, 1.54) is 10.4 Å². The van der Waals surface area contributed by atoms with Gasteiger partial charge in [0, 0.05) is 30.5 Å². The summed E-state index contributed by atoms with van der Waals surface area (Å²) in [6.07, 6.45) is 0.712. The maximum absolute atomic E-state index is 9.91. The fourth-order valence-corrected chi connectivity index (χ4v) is 2.82. The fourth-order valence-electron chi connectivity index (χ4n) is 1.94. The Kier molecular flexibility index (Phi) is 4.35. The number of ether oxygens (including phenoxy) is 1. The molecule has 2 unspecified atom stereocenters. The lowest BCUT2D eigenvalue weighted by molar-refractivity contribution is 0.0907. The van der Waals surface area contributed by atoms with Crippen molar-refractivity contribution in [3.63, 3.8) is 0 Å². The summed E-state index contributed by atoms with van der Waals surface area (Å²) in [6, 6.07) is 2.13. The third kappa shape index (κ3) is 3.04. The summed E-state index contributed by atoms with van der Waals surface area (Å²) < 4.78 is 5.26. The molecule has 0 aromatic carbocycles. The Labute approximate surface area is 100 Å². The molecule has 1 saturated heterocycles. The zero-order chi connectivity index (χ0) is 11.4.